The van der Waals surface area contributed by atoms with Crippen LogP contribution in [0.15, 0.2) is 36.4 Å². The Morgan fingerprint density at radius 3 is 2.33 bits per heavy atom. The predicted octanol–water partition coefficient (Wildman–Crippen LogP) is 3.07. The molecule has 1 N–H and O–H groups in total. The van der Waals surface area contributed by atoms with Crippen molar-refractivity contribution in [1.82, 2.24) is 0 Å². The van der Waals surface area contributed by atoms with Crippen molar-refractivity contribution in [1.29, 1.82) is 0 Å². The molecule has 9 nitrogen and oxygen atoms in total. The fraction of sp³-hybridized carbons (Fsp3) is 0.133. The molecule has 0 saturated carbocycles. The van der Waals surface area contributed by atoms with Gasteiger partial charge in [-0.15, -0.1) is 0 Å². The number of hydrogen-bond acceptors (Lipinski definition) is 6. The van der Waals surface area contributed by atoms with E-state index in [9.17, 15) is 25.0 Å². The van der Waals surface area contributed by atoms with Crippen LogP contribution in [0.1, 0.15) is 15.9 Å². The number of nitrogens with zero attached hydrogens (tertiary/aromatic N) is 2. The second-order valence-corrected chi connectivity index (χ2v) is 4.80. The van der Waals surface area contributed by atoms with Gasteiger partial charge >= 0.3 is 0 Å². The minimum Gasteiger partial charge on any atom is -0.496 e. The van der Waals surface area contributed by atoms with Crippen molar-refractivity contribution in [3.63, 3.8) is 0 Å². The van der Waals surface area contributed by atoms with Crippen molar-refractivity contribution >= 4 is 23.0 Å². The number of benzene rings is 2. The van der Waals surface area contributed by atoms with Gasteiger partial charge in [0.2, 0.25) is 0 Å². The third-order valence-corrected chi connectivity index (χ3v) is 3.40. The maximum absolute atomic E-state index is 12.4. The Morgan fingerprint density at radius 2 is 1.75 bits per heavy atom. The number of ether oxygens (including phenoxy) is 1. The van der Waals surface area contributed by atoms with Crippen LogP contribution in [0.3, 0.4) is 0 Å². The van der Waals surface area contributed by atoms with E-state index in [0.29, 0.717) is 0 Å². The van der Waals surface area contributed by atoms with E-state index in [1.165, 1.54) is 50.4 Å². The molecular weight excluding hydrogens is 318 g/mol. The molecule has 9 heteroatoms. The molecule has 2 rings (SSSR count). The lowest BCUT2D eigenvalue weighted by Crippen LogP contribution is -2.15. The van der Waals surface area contributed by atoms with Crippen LogP contribution in [0.4, 0.5) is 17.1 Å². The Labute approximate surface area is 136 Å². The highest BCUT2D eigenvalue weighted by Gasteiger charge is 2.21. The van der Waals surface area contributed by atoms with E-state index in [0.717, 1.165) is 0 Å². The maximum Gasteiger partial charge on any atom is 0.296 e. The smallest absolute Gasteiger partial charge is 0.296 e. The molecule has 0 spiro atoms. The number of nitro groups is 2. The van der Waals surface area contributed by atoms with E-state index in [-0.39, 0.29) is 33.9 Å². The van der Waals surface area contributed by atoms with Crippen molar-refractivity contribution in [2.45, 2.75) is 6.92 Å². The van der Waals surface area contributed by atoms with Gasteiger partial charge in [-0.2, -0.15) is 0 Å². The topological polar surface area (TPSA) is 125 Å². The molecular formula is C15H13N3O6. The number of nitrogens with one attached hydrogen (secondary N) is 1. The number of methoxy groups -OCH3 is 1. The van der Waals surface area contributed by atoms with E-state index >= 15 is 0 Å². The Balaban J connectivity index is 2.39. The molecule has 0 atom stereocenters. The summed E-state index contributed by atoms with van der Waals surface area (Å²) < 4.78 is 4.92. The van der Waals surface area contributed by atoms with Crippen molar-refractivity contribution in [2.75, 3.05) is 12.4 Å². The van der Waals surface area contributed by atoms with Crippen LogP contribution in [-0.2, 0) is 0 Å². The highest BCUT2D eigenvalue weighted by atomic mass is 16.6. The summed E-state index contributed by atoms with van der Waals surface area (Å²) in [6, 6.07) is 8.04. The summed E-state index contributed by atoms with van der Waals surface area (Å²) in [7, 11) is 1.36. The van der Waals surface area contributed by atoms with Crippen molar-refractivity contribution < 1.29 is 19.4 Å². The summed E-state index contributed by atoms with van der Waals surface area (Å²) in [5.41, 5.74) is -0.333. The maximum atomic E-state index is 12.4. The fourth-order valence-corrected chi connectivity index (χ4v) is 2.15. The van der Waals surface area contributed by atoms with Gasteiger partial charge in [0.25, 0.3) is 17.3 Å². The van der Waals surface area contributed by atoms with Crippen LogP contribution in [0.5, 0.6) is 5.75 Å². The molecule has 24 heavy (non-hydrogen) atoms. The third-order valence-electron chi connectivity index (χ3n) is 3.40. The Bertz CT molecular complexity index is 834. The van der Waals surface area contributed by atoms with Gasteiger partial charge in [-0.25, -0.2) is 0 Å². The van der Waals surface area contributed by atoms with Gasteiger partial charge in [0.1, 0.15) is 11.4 Å². The first-order valence-electron chi connectivity index (χ1n) is 6.73. The average Bonchev–Trinajstić information content (AvgIpc) is 2.54. The summed E-state index contributed by atoms with van der Waals surface area (Å²) in [6.45, 7) is 1.44. The van der Waals surface area contributed by atoms with Gasteiger partial charge < -0.3 is 10.1 Å². The molecule has 0 aliphatic carbocycles. The Kier molecular flexibility index (Phi) is 4.73. The number of carbonyl (C=O) groups is 1. The molecule has 0 bridgehead atoms. The molecule has 124 valence electrons. The number of amides is 1. The van der Waals surface area contributed by atoms with Gasteiger partial charge in [0.05, 0.1) is 23.0 Å². The van der Waals surface area contributed by atoms with Crippen LogP contribution < -0.4 is 10.1 Å². The number of carbonyl (C=O) groups excluding carboxylic acids is 1. The lowest BCUT2D eigenvalue weighted by Gasteiger charge is -2.09. The Morgan fingerprint density at radius 1 is 1.08 bits per heavy atom. The third kappa shape index (κ3) is 3.29. The molecule has 0 heterocycles. The first kappa shape index (κ1) is 16.9. The molecule has 0 fully saturated rings. The molecule has 2 aromatic rings. The van der Waals surface area contributed by atoms with Crippen molar-refractivity contribution in [3.05, 3.63) is 67.8 Å². The number of hydrogen-bond donors (Lipinski definition) is 1. The summed E-state index contributed by atoms with van der Waals surface area (Å²) in [6.07, 6.45) is 0. The zero-order valence-electron chi connectivity index (χ0n) is 12.8. The monoisotopic (exact) mass is 331 g/mol. The van der Waals surface area contributed by atoms with E-state index in [4.69, 9.17) is 4.74 Å². The zero-order valence-corrected chi connectivity index (χ0v) is 12.8. The van der Waals surface area contributed by atoms with Crippen molar-refractivity contribution in [2.24, 2.45) is 0 Å². The lowest BCUT2D eigenvalue weighted by atomic mass is 10.1. The van der Waals surface area contributed by atoms with E-state index in [1.807, 2.05) is 0 Å². The first-order chi connectivity index (χ1) is 11.3. The molecule has 1 amide bonds. The summed E-state index contributed by atoms with van der Waals surface area (Å²) in [5, 5.41) is 24.5. The second kappa shape index (κ2) is 6.73. The zero-order chi connectivity index (χ0) is 17.9. The van der Waals surface area contributed by atoms with Crippen molar-refractivity contribution in [3.8, 4) is 5.75 Å². The highest BCUT2D eigenvalue weighted by molar-refractivity contribution is 6.06. The molecule has 0 radical (unpaired) electrons. The summed E-state index contributed by atoms with van der Waals surface area (Å²) >= 11 is 0. The van der Waals surface area contributed by atoms with Gasteiger partial charge in [0.15, 0.2) is 0 Å². The summed E-state index contributed by atoms with van der Waals surface area (Å²) in [5.74, 6) is -0.407. The molecule has 0 aliphatic heterocycles. The second-order valence-electron chi connectivity index (χ2n) is 4.80. The quantitative estimate of drug-likeness (QED) is 0.663. The Hall–Kier alpha value is -3.49. The van der Waals surface area contributed by atoms with Crippen LogP contribution in [0, 0.1) is 27.2 Å². The molecule has 0 saturated heterocycles. The lowest BCUT2D eigenvalue weighted by molar-refractivity contribution is -0.385. The highest BCUT2D eigenvalue weighted by Crippen LogP contribution is 2.30. The predicted molar refractivity (Wildman–Crippen MR) is 85.4 cm³/mol. The van der Waals surface area contributed by atoms with Gasteiger partial charge in [-0.3, -0.25) is 25.0 Å². The largest absolute Gasteiger partial charge is 0.496 e. The van der Waals surface area contributed by atoms with E-state index < -0.39 is 15.8 Å². The van der Waals surface area contributed by atoms with Gasteiger partial charge in [-0.05, 0) is 25.1 Å². The SMILES string of the molecule is COc1ccc(NC(=O)c2cccc([N+](=O)[O-])c2C)c([N+](=O)[O-])c1. The standard InChI is InChI=1S/C15H13N3O6/c1-9-11(4-3-5-13(9)17(20)21)15(19)16-12-7-6-10(24-2)8-14(12)18(22)23/h3-8H,1-2H3,(H,16,19). The van der Waals surface area contributed by atoms with Crippen LogP contribution in [0.25, 0.3) is 0 Å². The van der Waals surface area contributed by atoms with E-state index in [1.54, 1.807) is 0 Å². The molecule has 0 unspecified atom stereocenters. The molecule has 0 aromatic heterocycles. The number of rotatable bonds is 5. The summed E-state index contributed by atoms with van der Waals surface area (Å²) in [4.78, 5) is 33.2. The first-order valence-corrected chi connectivity index (χ1v) is 6.73. The van der Waals surface area contributed by atoms with Crippen LogP contribution in [-0.4, -0.2) is 22.9 Å². The van der Waals surface area contributed by atoms with Gasteiger partial charge in [0, 0.05) is 17.2 Å². The normalized spacial score (nSPS) is 10.1. The number of anilines is 1. The molecule has 0 aliphatic rings. The van der Waals surface area contributed by atoms with E-state index in [2.05, 4.69) is 5.32 Å². The fourth-order valence-electron chi connectivity index (χ4n) is 2.15. The minimum absolute atomic E-state index is 0.0308. The number of nitro benzene ring substituents is 2. The molecule has 2 aromatic carbocycles. The van der Waals surface area contributed by atoms with Crippen LogP contribution >= 0.6 is 0 Å². The minimum atomic E-state index is -0.676. The average molecular weight is 331 g/mol. The van der Waals surface area contributed by atoms with Gasteiger partial charge in [-0.1, -0.05) is 6.07 Å². The van der Waals surface area contributed by atoms with Crippen LogP contribution in [0.2, 0.25) is 0 Å².